The molecule has 1 amide bonds. The number of thioether (sulfide) groups is 1. The Kier molecular flexibility index (Phi) is 4.21. The summed E-state index contributed by atoms with van der Waals surface area (Å²) in [6.45, 7) is 4.25. The highest BCUT2D eigenvalue weighted by atomic mass is 32.2. The molecule has 0 radical (unpaired) electrons. The number of hydrogen-bond donors (Lipinski definition) is 1. The average molecular weight is 334 g/mol. The van der Waals surface area contributed by atoms with Crippen molar-refractivity contribution in [2.45, 2.75) is 13.8 Å². The van der Waals surface area contributed by atoms with E-state index in [1.165, 1.54) is 6.26 Å². The number of amides is 1. The molecular weight excluding hydrogens is 320 g/mol. The van der Waals surface area contributed by atoms with E-state index in [-0.39, 0.29) is 11.4 Å². The van der Waals surface area contributed by atoms with Crippen LogP contribution in [-0.2, 0) is 4.79 Å². The standard InChI is InChI=1S/C14H14N4O2S2/c1-8(2)7-21-14-17-22-13-16-12(19)10(11(15)18(13)14)6-9-4-3-5-20-9/h3-6,8,15H,7H2,1-2H3. The second-order valence-corrected chi connectivity index (χ2v) is 6.84. The van der Waals surface area contributed by atoms with E-state index in [0.717, 1.165) is 17.7 Å². The fourth-order valence-electron chi connectivity index (χ4n) is 1.85. The Morgan fingerprint density at radius 1 is 1.55 bits per heavy atom. The Balaban J connectivity index is 1.88. The summed E-state index contributed by atoms with van der Waals surface area (Å²) in [5, 5.41) is 9.47. The van der Waals surface area contributed by atoms with E-state index >= 15 is 0 Å². The lowest BCUT2D eigenvalue weighted by molar-refractivity contribution is -0.114. The highest BCUT2D eigenvalue weighted by Gasteiger charge is 2.37. The van der Waals surface area contributed by atoms with Gasteiger partial charge in [-0.1, -0.05) is 25.6 Å². The van der Waals surface area contributed by atoms with E-state index in [0.29, 0.717) is 22.0 Å². The number of carbonyl (C=O) groups excluding carboxylic acids is 1. The van der Waals surface area contributed by atoms with Gasteiger partial charge in [0.05, 0.1) is 23.8 Å². The second-order valence-electron chi connectivity index (χ2n) is 5.13. The molecule has 0 saturated heterocycles. The summed E-state index contributed by atoms with van der Waals surface area (Å²) in [4.78, 5) is 17.8. The Labute approximate surface area is 136 Å². The van der Waals surface area contributed by atoms with Crippen molar-refractivity contribution >= 4 is 51.9 Å². The van der Waals surface area contributed by atoms with Crippen LogP contribution in [-0.4, -0.2) is 32.7 Å². The summed E-state index contributed by atoms with van der Waals surface area (Å²) in [7, 11) is 0. The van der Waals surface area contributed by atoms with E-state index in [9.17, 15) is 4.79 Å². The van der Waals surface area contributed by atoms with Gasteiger partial charge in [0.1, 0.15) is 11.6 Å². The van der Waals surface area contributed by atoms with Crippen LogP contribution in [0.5, 0.6) is 0 Å². The number of aliphatic imine (C=N–C) groups is 1. The highest BCUT2D eigenvalue weighted by molar-refractivity contribution is 8.19. The third kappa shape index (κ3) is 2.89. The van der Waals surface area contributed by atoms with Gasteiger partial charge in [0.25, 0.3) is 5.91 Å². The van der Waals surface area contributed by atoms with Gasteiger partial charge < -0.3 is 4.42 Å². The molecule has 0 unspecified atom stereocenters. The highest BCUT2D eigenvalue weighted by Crippen LogP contribution is 2.32. The van der Waals surface area contributed by atoms with Crippen molar-refractivity contribution in [3.63, 3.8) is 0 Å². The van der Waals surface area contributed by atoms with Gasteiger partial charge in [-0.25, -0.2) is 4.90 Å². The van der Waals surface area contributed by atoms with Gasteiger partial charge in [-0.15, -0.1) is 0 Å². The van der Waals surface area contributed by atoms with Crippen molar-refractivity contribution in [3.05, 3.63) is 29.7 Å². The van der Waals surface area contributed by atoms with Crippen LogP contribution in [0, 0.1) is 11.3 Å². The third-order valence-corrected chi connectivity index (χ3v) is 5.05. The van der Waals surface area contributed by atoms with Crippen molar-refractivity contribution < 1.29 is 9.21 Å². The molecule has 0 aliphatic carbocycles. The maximum absolute atomic E-state index is 12.1. The smallest absolute Gasteiger partial charge is 0.283 e. The van der Waals surface area contributed by atoms with Crippen molar-refractivity contribution in [1.29, 1.82) is 5.41 Å². The van der Waals surface area contributed by atoms with Gasteiger partial charge in [0.2, 0.25) is 5.17 Å². The number of carbonyl (C=O) groups is 1. The van der Waals surface area contributed by atoms with Gasteiger partial charge >= 0.3 is 0 Å². The zero-order valence-electron chi connectivity index (χ0n) is 12.1. The summed E-state index contributed by atoms with van der Waals surface area (Å²) in [5.41, 5.74) is 0.207. The van der Waals surface area contributed by atoms with Crippen molar-refractivity contribution in [2.24, 2.45) is 15.3 Å². The molecule has 1 aromatic heterocycles. The van der Waals surface area contributed by atoms with Gasteiger partial charge in [0.15, 0.2) is 5.17 Å². The minimum Gasteiger partial charge on any atom is -0.465 e. The van der Waals surface area contributed by atoms with Crippen molar-refractivity contribution in [3.8, 4) is 0 Å². The molecule has 8 heteroatoms. The van der Waals surface area contributed by atoms with Crippen LogP contribution in [0.25, 0.3) is 6.08 Å². The zero-order valence-corrected chi connectivity index (χ0v) is 13.7. The first kappa shape index (κ1) is 15.1. The first-order valence-corrected chi connectivity index (χ1v) is 8.47. The number of amidine groups is 3. The predicted octanol–water partition coefficient (Wildman–Crippen LogP) is 3.25. The summed E-state index contributed by atoms with van der Waals surface area (Å²) in [5.74, 6) is 1.57. The topological polar surface area (TPSA) is 82.0 Å². The third-order valence-electron chi connectivity index (χ3n) is 2.87. The maximum atomic E-state index is 12.1. The van der Waals surface area contributed by atoms with E-state index < -0.39 is 5.91 Å². The number of rotatable bonds is 3. The Hall–Kier alpha value is -1.80. The molecule has 0 atom stereocenters. The summed E-state index contributed by atoms with van der Waals surface area (Å²) < 4.78 is 9.53. The average Bonchev–Trinajstić information content (AvgIpc) is 3.10. The molecule has 2 aliphatic heterocycles. The van der Waals surface area contributed by atoms with Gasteiger partial charge in [-0.05, 0) is 24.1 Å². The Morgan fingerprint density at radius 2 is 2.36 bits per heavy atom. The van der Waals surface area contributed by atoms with E-state index in [1.807, 2.05) is 0 Å². The van der Waals surface area contributed by atoms with Crippen LogP contribution in [0.1, 0.15) is 19.6 Å². The summed E-state index contributed by atoms with van der Waals surface area (Å²) in [6.07, 6.45) is 3.06. The molecule has 2 aliphatic rings. The van der Waals surface area contributed by atoms with Crippen LogP contribution in [0.15, 0.2) is 37.8 Å². The molecule has 0 spiro atoms. The Morgan fingerprint density at radius 3 is 3.05 bits per heavy atom. The molecule has 0 saturated carbocycles. The quantitative estimate of drug-likeness (QED) is 0.678. The first-order chi connectivity index (χ1) is 10.6. The minimum absolute atomic E-state index is 0.0893. The molecular formula is C14H14N4O2S2. The lowest BCUT2D eigenvalue weighted by Crippen LogP contribution is -2.41. The zero-order chi connectivity index (χ0) is 15.7. The van der Waals surface area contributed by atoms with Crippen LogP contribution < -0.4 is 0 Å². The Bertz CT molecular complexity index is 704. The normalized spacial score (nSPS) is 19.8. The lowest BCUT2D eigenvalue weighted by atomic mass is 10.1. The van der Waals surface area contributed by atoms with Gasteiger partial charge in [-0.3, -0.25) is 10.2 Å². The first-order valence-electron chi connectivity index (χ1n) is 6.71. The number of hydrogen-bond acceptors (Lipinski definition) is 6. The second kappa shape index (κ2) is 6.13. The van der Waals surface area contributed by atoms with E-state index in [1.54, 1.807) is 34.9 Å². The van der Waals surface area contributed by atoms with Crippen molar-refractivity contribution in [2.75, 3.05) is 5.75 Å². The SMILES string of the molecule is CC(C)CSC1=NSC2=NC(=O)C(=Cc3ccco3)C(=N)N12. The monoisotopic (exact) mass is 334 g/mol. The number of nitrogens with one attached hydrogen (secondary N) is 1. The number of fused-ring (bicyclic) bond motifs is 1. The van der Waals surface area contributed by atoms with Crippen LogP contribution in [0.2, 0.25) is 0 Å². The van der Waals surface area contributed by atoms with E-state index in [2.05, 4.69) is 23.2 Å². The fraction of sp³-hybridized carbons (Fsp3) is 0.286. The largest absolute Gasteiger partial charge is 0.465 e. The fourth-order valence-corrected chi connectivity index (χ4v) is 3.65. The molecule has 0 fully saturated rings. The van der Waals surface area contributed by atoms with Gasteiger partial charge in [-0.2, -0.15) is 9.39 Å². The van der Waals surface area contributed by atoms with Gasteiger partial charge in [0, 0.05) is 5.75 Å². The lowest BCUT2D eigenvalue weighted by Gasteiger charge is -2.24. The molecule has 1 aromatic rings. The number of nitrogens with zero attached hydrogens (tertiary/aromatic N) is 3. The molecule has 3 heterocycles. The molecule has 0 aromatic carbocycles. The molecule has 1 N–H and O–H groups in total. The van der Waals surface area contributed by atoms with Crippen molar-refractivity contribution in [1.82, 2.24) is 4.90 Å². The molecule has 3 rings (SSSR count). The molecule has 22 heavy (non-hydrogen) atoms. The summed E-state index contributed by atoms with van der Waals surface area (Å²) >= 11 is 2.70. The van der Waals surface area contributed by atoms with Crippen LogP contribution in [0.3, 0.4) is 0 Å². The number of furan rings is 1. The van der Waals surface area contributed by atoms with E-state index in [4.69, 9.17) is 9.83 Å². The molecule has 114 valence electrons. The molecule has 0 bridgehead atoms. The minimum atomic E-state index is -0.439. The maximum Gasteiger partial charge on any atom is 0.283 e. The summed E-state index contributed by atoms with van der Waals surface area (Å²) in [6, 6.07) is 3.46. The van der Waals surface area contributed by atoms with Crippen LogP contribution >= 0.6 is 23.7 Å². The molecule has 6 nitrogen and oxygen atoms in total. The predicted molar refractivity (Wildman–Crippen MR) is 91.0 cm³/mol. The van der Waals surface area contributed by atoms with Crippen LogP contribution in [0.4, 0.5) is 0 Å².